The van der Waals surface area contributed by atoms with Crippen molar-refractivity contribution < 1.29 is 13.9 Å². The molecule has 1 saturated heterocycles. The number of benzene rings is 2. The molecule has 1 unspecified atom stereocenters. The summed E-state index contributed by atoms with van der Waals surface area (Å²) in [5.74, 6) is 0.428. The number of piperazine rings is 1. The van der Waals surface area contributed by atoms with Crippen LogP contribution in [0.5, 0.6) is 5.75 Å². The average Bonchev–Trinajstić information content (AvgIpc) is 2.86. The van der Waals surface area contributed by atoms with Crippen molar-refractivity contribution >= 4 is 23.5 Å². The van der Waals surface area contributed by atoms with E-state index in [1.165, 1.54) is 12.1 Å². The first kappa shape index (κ1) is 27.2. The van der Waals surface area contributed by atoms with Gasteiger partial charge in [-0.2, -0.15) is 5.26 Å². The fourth-order valence-corrected chi connectivity index (χ4v) is 4.17. The van der Waals surface area contributed by atoms with Crippen molar-refractivity contribution in [3.63, 3.8) is 0 Å². The Bertz CT molecular complexity index is 1090. The lowest BCUT2D eigenvalue weighted by molar-refractivity contribution is -0.138. The number of carbonyl (C=O) groups is 1. The maximum atomic E-state index is 13.2. The topological polar surface area (TPSA) is 119 Å². The van der Waals surface area contributed by atoms with Crippen LogP contribution in [0, 0.1) is 17.3 Å². The van der Waals surface area contributed by atoms with Crippen molar-refractivity contribution in [2.45, 2.75) is 26.1 Å². The van der Waals surface area contributed by atoms with E-state index in [9.17, 15) is 9.18 Å². The van der Waals surface area contributed by atoms with Gasteiger partial charge >= 0.3 is 0 Å². The highest BCUT2D eigenvalue weighted by atomic mass is 35.5. The zero-order chi connectivity index (χ0) is 25.9. The van der Waals surface area contributed by atoms with Gasteiger partial charge < -0.3 is 20.7 Å². The SMILES string of the molecule is CC1CN(Cc2ccc(F)cc2)CCN1C(=O)COc1ccc(Cl)cc1CN=C(NC#N)NCCN. The predicted octanol–water partition coefficient (Wildman–Crippen LogP) is 2.07. The van der Waals surface area contributed by atoms with Crippen LogP contribution in [0.2, 0.25) is 5.02 Å². The van der Waals surface area contributed by atoms with Crippen LogP contribution in [0.25, 0.3) is 0 Å². The Morgan fingerprint density at radius 3 is 2.78 bits per heavy atom. The molecule has 1 fully saturated rings. The van der Waals surface area contributed by atoms with Gasteiger partial charge in [-0.3, -0.25) is 15.0 Å². The molecule has 0 aliphatic carbocycles. The zero-order valence-corrected chi connectivity index (χ0v) is 21.0. The third-order valence-corrected chi connectivity index (χ3v) is 5.98. The minimum atomic E-state index is -0.249. The average molecular weight is 516 g/mol. The predicted molar refractivity (Wildman–Crippen MR) is 137 cm³/mol. The van der Waals surface area contributed by atoms with E-state index in [4.69, 9.17) is 27.3 Å². The molecule has 1 atom stereocenters. The Balaban J connectivity index is 1.56. The molecule has 9 nitrogen and oxygen atoms in total. The number of halogens is 2. The number of guanidine groups is 1. The molecule has 1 amide bonds. The Morgan fingerprint density at radius 2 is 2.08 bits per heavy atom. The van der Waals surface area contributed by atoms with Crippen molar-refractivity contribution in [1.29, 1.82) is 5.26 Å². The molecule has 3 rings (SSSR count). The summed E-state index contributed by atoms with van der Waals surface area (Å²) in [6.07, 6.45) is 1.83. The third kappa shape index (κ3) is 8.09. The summed E-state index contributed by atoms with van der Waals surface area (Å²) in [6, 6.07) is 11.6. The van der Waals surface area contributed by atoms with Gasteiger partial charge in [-0.05, 0) is 42.8 Å². The van der Waals surface area contributed by atoms with Gasteiger partial charge in [0.1, 0.15) is 11.6 Å². The quantitative estimate of drug-likeness (QED) is 0.202. The fourth-order valence-electron chi connectivity index (χ4n) is 3.98. The highest BCUT2D eigenvalue weighted by Crippen LogP contribution is 2.24. The molecule has 2 aromatic rings. The van der Waals surface area contributed by atoms with Crippen LogP contribution in [0.1, 0.15) is 18.1 Å². The Kier molecular flexibility index (Phi) is 10.3. The van der Waals surface area contributed by atoms with E-state index in [0.29, 0.717) is 49.1 Å². The van der Waals surface area contributed by atoms with Crippen LogP contribution in [-0.4, -0.2) is 67.0 Å². The van der Waals surface area contributed by atoms with E-state index in [0.717, 1.165) is 12.1 Å². The third-order valence-electron chi connectivity index (χ3n) is 5.74. The molecule has 1 heterocycles. The largest absolute Gasteiger partial charge is 0.483 e. The number of hydrogen-bond acceptors (Lipinski definition) is 6. The second-order valence-electron chi connectivity index (χ2n) is 8.46. The van der Waals surface area contributed by atoms with E-state index in [2.05, 4.69) is 20.5 Å². The van der Waals surface area contributed by atoms with Gasteiger partial charge in [0, 0.05) is 55.9 Å². The minimum absolute atomic E-state index is 0.0119. The van der Waals surface area contributed by atoms with Gasteiger partial charge in [-0.1, -0.05) is 23.7 Å². The van der Waals surface area contributed by atoms with Crippen molar-refractivity contribution in [2.24, 2.45) is 10.7 Å². The van der Waals surface area contributed by atoms with E-state index < -0.39 is 0 Å². The van der Waals surface area contributed by atoms with E-state index >= 15 is 0 Å². The number of carbonyl (C=O) groups excluding carboxylic acids is 1. The monoisotopic (exact) mass is 515 g/mol. The Hall–Kier alpha value is -3.39. The lowest BCUT2D eigenvalue weighted by atomic mass is 10.1. The lowest BCUT2D eigenvalue weighted by Gasteiger charge is -2.39. The summed E-state index contributed by atoms with van der Waals surface area (Å²) < 4.78 is 19.0. The van der Waals surface area contributed by atoms with Crippen molar-refractivity contribution in [3.8, 4) is 11.9 Å². The summed E-state index contributed by atoms with van der Waals surface area (Å²) in [4.78, 5) is 21.4. The van der Waals surface area contributed by atoms with Crippen LogP contribution >= 0.6 is 11.6 Å². The lowest BCUT2D eigenvalue weighted by Crippen LogP contribution is -2.54. The first-order valence-electron chi connectivity index (χ1n) is 11.7. The molecule has 1 aliphatic rings. The number of ether oxygens (including phenoxy) is 1. The number of nitrogens with zero attached hydrogens (tertiary/aromatic N) is 4. The summed E-state index contributed by atoms with van der Waals surface area (Å²) in [6.45, 7) is 5.65. The molecule has 1 aliphatic heterocycles. The summed E-state index contributed by atoms with van der Waals surface area (Å²) in [7, 11) is 0. The Morgan fingerprint density at radius 1 is 1.31 bits per heavy atom. The molecule has 192 valence electrons. The van der Waals surface area contributed by atoms with Crippen molar-refractivity contribution in [2.75, 3.05) is 39.3 Å². The number of amides is 1. The van der Waals surface area contributed by atoms with Gasteiger partial charge in [0.2, 0.25) is 5.96 Å². The normalized spacial score (nSPS) is 16.4. The highest BCUT2D eigenvalue weighted by Gasteiger charge is 2.27. The van der Waals surface area contributed by atoms with Gasteiger partial charge in [-0.15, -0.1) is 0 Å². The molecule has 0 aromatic heterocycles. The Labute approximate surface area is 215 Å². The number of nitrogens with two attached hydrogens (primary N) is 1. The smallest absolute Gasteiger partial charge is 0.260 e. The molecular formula is C25H31ClFN7O2. The van der Waals surface area contributed by atoms with E-state index in [1.54, 1.807) is 30.3 Å². The van der Waals surface area contributed by atoms with E-state index in [-0.39, 0.29) is 36.9 Å². The molecule has 11 heteroatoms. The molecule has 0 bridgehead atoms. The second kappa shape index (κ2) is 13.6. The van der Waals surface area contributed by atoms with Crippen LogP contribution in [0.4, 0.5) is 4.39 Å². The van der Waals surface area contributed by atoms with Crippen LogP contribution < -0.4 is 21.1 Å². The number of rotatable bonds is 9. The zero-order valence-electron chi connectivity index (χ0n) is 20.2. The first-order chi connectivity index (χ1) is 17.4. The molecular weight excluding hydrogens is 485 g/mol. The second-order valence-corrected chi connectivity index (χ2v) is 8.89. The molecule has 4 N–H and O–H groups in total. The van der Waals surface area contributed by atoms with Gasteiger partial charge in [0.05, 0.1) is 6.54 Å². The summed E-state index contributed by atoms with van der Waals surface area (Å²) in [5, 5.41) is 14.8. The number of nitriles is 1. The number of nitrogens with one attached hydrogen (secondary N) is 2. The first-order valence-corrected chi connectivity index (χ1v) is 12.1. The van der Waals surface area contributed by atoms with Crippen molar-refractivity contribution in [3.05, 3.63) is 64.4 Å². The van der Waals surface area contributed by atoms with E-state index in [1.807, 2.05) is 18.0 Å². The molecule has 0 saturated carbocycles. The van der Waals surface area contributed by atoms with Crippen LogP contribution in [-0.2, 0) is 17.9 Å². The van der Waals surface area contributed by atoms with Gasteiger partial charge in [0.25, 0.3) is 5.91 Å². The molecule has 0 spiro atoms. The molecule has 0 radical (unpaired) electrons. The standard InChI is InChI=1S/C25H31ClFN7O2/c1-18-14-33(15-19-2-5-22(27)6-3-19)10-11-34(18)24(35)16-36-23-7-4-21(26)12-20(23)13-31-25(32-17-29)30-9-8-28/h2-7,12,18H,8-11,13-16,28H2,1H3,(H2,30,31,32). The highest BCUT2D eigenvalue weighted by molar-refractivity contribution is 6.30. The summed E-state index contributed by atoms with van der Waals surface area (Å²) >= 11 is 6.16. The maximum absolute atomic E-state index is 13.2. The maximum Gasteiger partial charge on any atom is 0.260 e. The molecule has 36 heavy (non-hydrogen) atoms. The van der Waals surface area contributed by atoms with Gasteiger partial charge in [0.15, 0.2) is 12.8 Å². The minimum Gasteiger partial charge on any atom is -0.483 e. The van der Waals surface area contributed by atoms with Crippen molar-refractivity contribution in [1.82, 2.24) is 20.4 Å². The summed E-state index contributed by atoms with van der Waals surface area (Å²) in [5.41, 5.74) is 7.21. The van der Waals surface area contributed by atoms with Crippen LogP contribution in [0.3, 0.4) is 0 Å². The fraction of sp³-hybridized carbons (Fsp3) is 0.400. The number of hydrogen-bond donors (Lipinski definition) is 3. The molecule has 2 aromatic carbocycles. The number of aliphatic imine (C=N–C) groups is 1. The van der Waals surface area contributed by atoms with Gasteiger partial charge in [-0.25, -0.2) is 9.38 Å². The van der Waals surface area contributed by atoms with Crippen LogP contribution in [0.15, 0.2) is 47.5 Å².